The third-order valence-corrected chi connectivity index (χ3v) is 4.82. The number of para-hydroxylation sites is 1. The van der Waals surface area contributed by atoms with Gasteiger partial charge in [-0.15, -0.1) is 0 Å². The molecule has 0 radical (unpaired) electrons. The molecule has 0 fully saturated rings. The fourth-order valence-electron chi connectivity index (χ4n) is 2.28. The number of rotatable bonds is 7. The van der Waals surface area contributed by atoms with Crippen LogP contribution in [0.4, 0.5) is 0 Å². The lowest BCUT2D eigenvalue weighted by Crippen LogP contribution is -2.50. The molecule has 0 unspecified atom stereocenters. The second kappa shape index (κ2) is 7.79. The Labute approximate surface area is 138 Å². The summed E-state index contributed by atoms with van der Waals surface area (Å²) in [5.74, 6) is 0.453. The van der Waals surface area contributed by atoms with Gasteiger partial charge in [-0.05, 0) is 38.8 Å². The second-order valence-electron chi connectivity index (χ2n) is 6.35. The Morgan fingerprint density at radius 3 is 2.39 bits per heavy atom. The van der Waals surface area contributed by atoms with Crippen molar-refractivity contribution in [2.75, 3.05) is 26.5 Å². The molecule has 0 saturated carbocycles. The zero-order chi connectivity index (χ0) is 17.7. The zero-order valence-electron chi connectivity index (χ0n) is 14.4. The molecule has 0 bridgehead atoms. The summed E-state index contributed by atoms with van der Waals surface area (Å²) in [4.78, 5) is 12.0. The van der Waals surface area contributed by atoms with Crippen molar-refractivity contribution in [3.05, 3.63) is 29.8 Å². The van der Waals surface area contributed by atoms with Gasteiger partial charge >= 0.3 is 0 Å². The van der Waals surface area contributed by atoms with Gasteiger partial charge in [0.05, 0.1) is 19.9 Å². The molecule has 1 rings (SSSR count). The average Bonchev–Trinajstić information content (AvgIpc) is 2.43. The summed E-state index contributed by atoms with van der Waals surface area (Å²) in [5.41, 5.74) is 0.346. The summed E-state index contributed by atoms with van der Waals surface area (Å²) in [6.07, 6.45) is 1.73. The van der Waals surface area contributed by atoms with Crippen molar-refractivity contribution < 1.29 is 17.9 Å². The number of sulfonamides is 1. The number of hydrogen-bond acceptors (Lipinski definition) is 4. The first-order chi connectivity index (χ1) is 10.6. The smallest absolute Gasteiger partial charge is 0.235 e. The number of amides is 1. The molecule has 7 heteroatoms. The number of carbonyl (C=O) groups excluding carboxylic acids is 1. The van der Waals surface area contributed by atoms with Gasteiger partial charge < -0.3 is 10.1 Å². The summed E-state index contributed by atoms with van der Waals surface area (Å²) < 4.78 is 30.1. The van der Waals surface area contributed by atoms with Crippen LogP contribution in [0.15, 0.2) is 24.3 Å². The summed E-state index contributed by atoms with van der Waals surface area (Å²) in [7, 11) is -1.85. The minimum atomic E-state index is -3.45. The maximum absolute atomic E-state index is 12.0. The van der Waals surface area contributed by atoms with Crippen LogP contribution in [-0.2, 0) is 21.2 Å². The zero-order valence-corrected chi connectivity index (χ0v) is 15.2. The van der Waals surface area contributed by atoms with E-state index in [-0.39, 0.29) is 12.5 Å². The molecule has 0 aliphatic heterocycles. The van der Waals surface area contributed by atoms with Crippen molar-refractivity contribution in [3.63, 3.8) is 0 Å². The monoisotopic (exact) mass is 342 g/mol. The van der Waals surface area contributed by atoms with Crippen LogP contribution in [0.5, 0.6) is 5.75 Å². The molecule has 0 aliphatic carbocycles. The van der Waals surface area contributed by atoms with E-state index in [1.54, 1.807) is 27.9 Å². The second-order valence-corrected chi connectivity index (χ2v) is 8.26. The van der Waals surface area contributed by atoms with E-state index in [4.69, 9.17) is 4.74 Å². The lowest BCUT2D eigenvalue weighted by Gasteiger charge is -2.32. The van der Waals surface area contributed by atoms with Crippen LogP contribution in [-0.4, -0.2) is 50.6 Å². The van der Waals surface area contributed by atoms with E-state index in [2.05, 4.69) is 5.32 Å². The summed E-state index contributed by atoms with van der Waals surface area (Å²) in [6.45, 7) is 5.51. The van der Waals surface area contributed by atoms with Crippen LogP contribution in [0.3, 0.4) is 0 Å². The molecule has 130 valence electrons. The first kappa shape index (κ1) is 19.4. The quantitative estimate of drug-likeness (QED) is 0.813. The van der Waals surface area contributed by atoms with E-state index in [0.717, 1.165) is 17.6 Å². The van der Waals surface area contributed by atoms with Gasteiger partial charge in [0, 0.05) is 12.1 Å². The Hall–Kier alpha value is -1.60. The average molecular weight is 342 g/mol. The molecule has 1 aromatic carbocycles. The van der Waals surface area contributed by atoms with Gasteiger partial charge in [-0.1, -0.05) is 18.2 Å². The van der Waals surface area contributed by atoms with Gasteiger partial charge in [0.2, 0.25) is 15.9 Å². The third-order valence-electron chi connectivity index (χ3n) is 3.34. The largest absolute Gasteiger partial charge is 0.496 e. The molecule has 0 heterocycles. The van der Waals surface area contributed by atoms with E-state index in [0.29, 0.717) is 13.0 Å². The Morgan fingerprint density at radius 2 is 1.87 bits per heavy atom. The highest BCUT2D eigenvalue weighted by Crippen LogP contribution is 2.18. The van der Waals surface area contributed by atoms with E-state index >= 15 is 0 Å². The van der Waals surface area contributed by atoms with E-state index in [1.807, 2.05) is 24.3 Å². The Morgan fingerprint density at radius 1 is 1.26 bits per heavy atom. The molecular formula is C16H26N2O4S. The lowest BCUT2D eigenvalue weighted by molar-refractivity contribution is -0.121. The highest BCUT2D eigenvalue weighted by atomic mass is 32.2. The van der Waals surface area contributed by atoms with Gasteiger partial charge in [0.15, 0.2) is 0 Å². The molecule has 6 nitrogen and oxygen atoms in total. The van der Waals surface area contributed by atoms with Crippen molar-refractivity contribution in [1.29, 1.82) is 0 Å². The lowest BCUT2D eigenvalue weighted by atomic mass is 10.1. The van der Waals surface area contributed by atoms with Crippen LogP contribution >= 0.6 is 0 Å². The Balaban J connectivity index is 2.60. The van der Waals surface area contributed by atoms with Crippen molar-refractivity contribution >= 4 is 15.9 Å². The Bertz CT molecular complexity index is 636. The number of methoxy groups -OCH3 is 1. The molecule has 0 atom stereocenters. The number of hydrogen-bond donors (Lipinski definition) is 1. The number of nitrogens with zero attached hydrogens (tertiary/aromatic N) is 1. The van der Waals surface area contributed by atoms with Crippen LogP contribution in [0.1, 0.15) is 26.3 Å². The highest BCUT2D eigenvalue weighted by Gasteiger charge is 2.31. The van der Waals surface area contributed by atoms with Crippen LogP contribution in [0, 0.1) is 0 Å². The molecule has 1 aromatic rings. The van der Waals surface area contributed by atoms with Crippen LogP contribution in [0.2, 0.25) is 0 Å². The molecule has 1 amide bonds. The fourth-order valence-corrected chi connectivity index (χ4v) is 3.63. The molecular weight excluding hydrogens is 316 g/mol. The fraction of sp³-hybridized carbons (Fsp3) is 0.562. The molecule has 0 aliphatic rings. The topological polar surface area (TPSA) is 75.7 Å². The third kappa shape index (κ3) is 6.19. The van der Waals surface area contributed by atoms with Crippen LogP contribution < -0.4 is 10.1 Å². The standard InChI is InChI=1S/C16H26N2O4S/c1-16(2,3)18(23(5,20)21)12-15(19)17-11-10-13-8-6-7-9-14(13)22-4/h6-9H,10-12H2,1-5H3,(H,17,19). The summed E-state index contributed by atoms with van der Waals surface area (Å²) >= 11 is 0. The number of benzene rings is 1. The van der Waals surface area contributed by atoms with Crippen molar-refractivity contribution in [2.45, 2.75) is 32.7 Å². The molecule has 23 heavy (non-hydrogen) atoms. The molecule has 0 saturated heterocycles. The van der Waals surface area contributed by atoms with Gasteiger partial charge in [-0.2, -0.15) is 4.31 Å². The minimum Gasteiger partial charge on any atom is -0.496 e. The SMILES string of the molecule is COc1ccccc1CCNC(=O)CN(C(C)(C)C)S(C)(=O)=O. The predicted octanol–water partition coefficient (Wildman–Crippen LogP) is 1.41. The number of ether oxygens (including phenoxy) is 1. The van der Waals surface area contributed by atoms with Crippen molar-refractivity contribution in [3.8, 4) is 5.75 Å². The highest BCUT2D eigenvalue weighted by molar-refractivity contribution is 7.88. The normalized spacial score (nSPS) is 12.3. The maximum Gasteiger partial charge on any atom is 0.235 e. The molecule has 0 aromatic heterocycles. The number of nitrogens with one attached hydrogen (secondary N) is 1. The first-order valence-electron chi connectivity index (χ1n) is 7.42. The van der Waals surface area contributed by atoms with Crippen molar-refractivity contribution in [1.82, 2.24) is 9.62 Å². The van der Waals surface area contributed by atoms with E-state index in [1.165, 1.54) is 4.31 Å². The minimum absolute atomic E-state index is 0.186. The van der Waals surface area contributed by atoms with E-state index in [9.17, 15) is 13.2 Å². The van der Waals surface area contributed by atoms with Gasteiger partial charge in [-0.3, -0.25) is 4.79 Å². The van der Waals surface area contributed by atoms with Gasteiger partial charge in [-0.25, -0.2) is 8.42 Å². The summed E-state index contributed by atoms with van der Waals surface area (Å²) in [6, 6.07) is 7.59. The first-order valence-corrected chi connectivity index (χ1v) is 9.27. The van der Waals surface area contributed by atoms with Gasteiger partial charge in [0.1, 0.15) is 5.75 Å². The molecule has 0 spiro atoms. The summed E-state index contributed by atoms with van der Waals surface area (Å²) in [5, 5.41) is 2.76. The molecule has 1 N–H and O–H groups in total. The van der Waals surface area contributed by atoms with Crippen molar-refractivity contribution in [2.24, 2.45) is 0 Å². The number of carbonyl (C=O) groups is 1. The predicted molar refractivity (Wildman–Crippen MR) is 91.0 cm³/mol. The van der Waals surface area contributed by atoms with E-state index < -0.39 is 15.6 Å². The van der Waals surface area contributed by atoms with Crippen LogP contribution in [0.25, 0.3) is 0 Å². The van der Waals surface area contributed by atoms with Gasteiger partial charge in [0.25, 0.3) is 0 Å². The Kier molecular flexibility index (Phi) is 6.58. The maximum atomic E-state index is 12.0.